The summed E-state index contributed by atoms with van der Waals surface area (Å²) >= 11 is 0. The number of aryl methyl sites for hydroxylation is 6. The summed E-state index contributed by atoms with van der Waals surface area (Å²) in [5, 5.41) is 0. The van der Waals surface area contributed by atoms with E-state index in [9.17, 15) is 0 Å². The monoisotopic (exact) mass is 452 g/mol. The highest BCUT2D eigenvalue weighted by Gasteiger charge is 2.51. The van der Waals surface area contributed by atoms with Crippen molar-refractivity contribution in [2.24, 2.45) is 0 Å². The third-order valence-corrected chi connectivity index (χ3v) is 7.82. The second kappa shape index (κ2) is 8.73. The van der Waals surface area contributed by atoms with E-state index in [1.54, 1.807) is 0 Å². The van der Waals surface area contributed by atoms with Gasteiger partial charge in [0.05, 0.1) is 11.2 Å². The zero-order valence-electron chi connectivity index (χ0n) is 22.6. The van der Waals surface area contributed by atoms with Gasteiger partial charge in [0.15, 0.2) is 0 Å². The molecule has 0 unspecified atom stereocenters. The molecule has 1 aliphatic heterocycles. The quantitative estimate of drug-likeness (QED) is 0.549. The van der Waals surface area contributed by atoms with Crippen LogP contribution in [0.25, 0.3) is 0 Å². The van der Waals surface area contributed by atoms with Crippen LogP contribution in [0.4, 0.5) is 0 Å². The Balaban J connectivity index is 1.91. The summed E-state index contributed by atoms with van der Waals surface area (Å²) in [5.74, 6) is 0. The lowest BCUT2D eigenvalue weighted by molar-refractivity contribution is 0.00578. The van der Waals surface area contributed by atoms with Crippen molar-refractivity contribution in [3.63, 3.8) is 0 Å². The number of benzene rings is 3. The normalized spacial score (nSPS) is 16.7. The second-order valence-corrected chi connectivity index (χ2v) is 11.3. The van der Waals surface area contributed by atoms with E-state index in [1.165, 1.54) is 49.8 Å². The summed E-state index contributed by atoms with van der Waals surface area (Å²) in [6.07, 6.45) is 0. The van der Waals surface area contributed by atoms with Gasteiger partial charge in [0.25, 0.3) is 0 Å². The molecule has 1 saturated heterocycles. The standard InChI is InChI=1S/C30H38B2O2/c1-19-14-21(3)27(22(4)15-19)31(28-23(5)16-20(2)17-24(28)6)25-12-11-13-26(18-25)32-33-29(7,8)30(9,10)34-32/h11-18H,1-10H3. The fraction of sp³-hybridized carbons (Fsp3) is 0.400. The summed E-state index contributed by atoms with van der Waals surface area (Å²) in [5.41, 5.74) is 12.4. The molecule has 0 atom stereocenters. The van der Waals surface area contributed by atoms with E-state index >= 15 is 0 Å². The molecule has 2 nitrogen and oxygen atoms in total. The minimum atomic E-state index is -0.369. The Kier molecular flexibility index (Phi) is 6.38. The zero-order valence-corrected chi connectivity index (χ0v) is 22.6. The highest BCUT2D eigenvalue weighted by atomic mass is 16.7. The summed E-state index contributed by atoms with van der Waals surface area (Å²) in [6.45, 7) is 21.9. The van der Waals surface area contributed by atoms with E-state index < -0.39 is 0 Å². The predicted octanol–water partition coefficient (Wildman–Crippen LogP) is 4.35. The van der Waals surface area contributed by atoms with Gasteiger partial charge in [0.2, 0.25) is 6.71 Å². The molecular weight excluding hydrogens is 414 g/mol. The van der Waals surface area contributed by atoms with Crippen molar-refractivity contribution in [2.75, 3.05) is 0 Å². The smallest absolute Gasteiger partial charge is 0.399 e. The molecule has 176 valence electrons. The van der Waals surface area contributed by atoms with Crippen molar-refractivity contribution in [1.29, 1.82) is 0 Å². The molecule has 0 amide bonds. The Morgan fingerprint density at radius 1 is 0.618 bits per heavy atom. The molecule has 1 fully saturated rings. The van der Waals surface area contributed by atoms with Crippen LogP contribution in [0.1, 0.15) is 61.1 Å². The molecule has 3 aromatic carbocycles. The van der Waals surface area contributed by atoms with Gasteiger partial charge >= 0.3 is 7.12 Å². The van der Waals surface area contributed by atoms with Crippen LogP contribution in [0.5, 0.6) is 0 Å². The highest BCUT2D eigenvalue weighted by Crippen LogP contribution is 2.36. The van der Waals surface area contributed by atoms with E-state index in [4.69, 9.17) is 9.31 Å². The van der Waals surface area contributed by atoms with Gasteiger partial charge in [-0.15, -0.1) is 0 Å². The first-order valence-electron chi connectivity index (χ1n) is 12.4. The molecule has 4 rings (SSSR count). The molecule has 1 aliphatic rings. The third kappa shape index (κ3) is 4.39. The molecule has 0 radical (unpaired) electrons. The van der Waals surface area contributed by atoms with Crippen molar-refractivity contribution in [1.82, 2.24) is 0 Å². The van der Waals surface area contributed by atoms with E-state index in [2.05, 4.69) is 118 Å². The molecule has 0 bridgehead atoms. The number of hydrogen-bond acceptors (Lipinski definition) is 2. The summed E-state index contributed by atoms with van der Waals surface area (Å²) in [7, 11) is -0.369. The van der Waals surface area contributed by atoms with Crippen LogP contribution in [0, 0.1) is 41.5 Å². The first-order valence-corrected chi connectivity index (χ1v) is 12.4. The molecule has 0 spiro atoms. The summed E-state index contributed by atoms with van der Waals surface area (Å²) in [4.78, 5) is 0. The maximum absolute atomic E-state index is 6.40. The van der Waals surface area contributed by atoms with Crippen molar-refractivity contribution in [3.8, 4) is 0 Å². The van der Waals surface area contributed by atoms with E-state index in [0.717, 1.165) is 5.46 Å². The lowest BCUT2D eigenvalue weighted by Crippen LogP contribution is -2.56. The molecule has 0 N–H and O–H groups in total. The van der Waals surface area contributed by atoms with Crippen LogP contribution in [0.2, 0.25) is 0 Å². The van der Waals surface area contributed by atoms with Gasteiger partial charge in [0.1, 0.15) is 0 Å². The van der Waals surface area contributed by atoms with Crippen molar-refractivity contribution >= 4 is 35.7 Å². The van der Waals surface area contributed by atoms with Gasteiger partial charge in [-0.1, -0.05) is 98.3 Å². The number of rotatable bonds is 4. The molecule has 3 aromatic rings. The van der Waals surface area contributed by atoms with Crippen LogP contribution < -0.4 is 21.9 Å². The molecular formula is C30H38B2O2. The predicted molar refractivity (Wildman–Crippen MR) is 148 cm³/mol. The Morgan fingerprint density at radius 3 is 1.44 bits per heavy atom. The molecule has 0 aliphatic carbocycles. The Labute approximate surface area is 207 Å². The fourth-order valence-electron chi connectivity index (χ4n) is 5.64. The van der Waals surface area contributed by atoms with Gasteiger partial charge < -0.3 is 9.31 Å². The Bertz CT molecular complexity index is 1120. The van der Waals surface area contributed by atoms with Crippen molar-refractivity contribution in [3.05, 3.63) is 81.9 Å². The second-order valence-electron chi connectivity index (χ2n) is 11.3. The molecule has 34 heavy (non-hydrogen) atoms. The van der Waals surface area contributed by atoms with Crippen molar-refractivity contribution in [2.45, 2.75) is 80.4 Å². The minimum Gasteiger partial charge on any atom is -0.399 e. The maximum Gasteiger partial charge on any atom is 0.494 e. The van der Waals surface area contributed by atoms with Crippen LogP contribution in [-0.4, -0.2) is 25.0 Å². The van der Waals surface area contributed by atoms with Gasteiger partial charge in [-0.05, 0) is 74.7 Å². The summed E-state index contributed by atoms with van der Waals surface area (Å²) < 4.78 is 12.8. The SMILES string of the molecule is Cc1cc(C)c(B(c2cccc(B3OC(C)(C)C(C)(C)O3)c2)c2c(C)cc(C)cc2C)c(C)c1. The molecule has 0 aromatic heterocycles. The van der Waals surface area contributed by atoms with Gasteiger partial charge in [-0.25, -0.2) is 0 Å². The van der Waals surface area contributed by atoms with E-state index in [-0.39, 0.29) is 25.0 Å². The van der Waals surface area contributed by atoms with E-state index in [1.807, 2.05) is 0 Å². The fourth-order valence-corrected chi connectivity index (χ4v) is 5.64. The summed E-state index contributed by atoms with van der Waals surface area (Å²) in [6, 6.07) is 18.1. The van der Waals surface area contributed by atoms with Gasteiger partial charge in [0, 0.05) is 0 Å². The minimum absolute atomic E-state index is 0.142. The topological polar surface area (TPSA) is 18.5 Å². The first-order chi connectivity index (χ1) is 15.8. The van der Waals surface area contributed by atoms with Crippen LogP contribution in [-0.2, 0) is 9.31 Å². The van der Waals surface area contributed by atoms with Crippen LogP contribution in [0.15, 0.2) is 48.5 Å². The lowest BCUT2D eigenvalue weighted by atomic mass is 9.34. The zero-order chi connectivity index (χ0) is 25.0. The average molecular weight is 452 g/mol. The largest absolute Gasteiger partial charge is 0.494 e. The van der Waals surface area contributed by atoms with Crippen LogP contribution >= 0.6 is 0 Å². The Hall–Kier alpha value is -2.29. The maximum atomic E-state index is 6.40. The van der Waals surface area contributed by atoms with Gasteiger partial charge in [-0.3, -0.25) is 0 Å². The first kappa shape index (κ1) is 24.8. The lowest BCUT2D eigenvalue weighted by Gasteiger charge is -2.32. The Morgan fingerprint density at radius 2 is 1.03 bits per heavy atom. The highest BCUT2D eigenvalue weighted by molar-refractivity contribution is 6.96. The van der Waals surface area contributed by atoms with Crippen LogP contribution in [0.3, 0.4) is 0 Å². The van der Waals surface area contributed by atoms with E-state index in [0.29, 0.717) is 0 Å². The average Bonchev–Trinajstić information content (AvgIpc) is 2.92. The third-order valence-electron chi connectivity index (χ3n) is 7.82. The number of hydrogen-bond donors (Lipinski definition) is 0. The van der Waals surface area contributed by atoms with Gasteiger partial charge in [-0.2, -0.15) is 0 Å². The molecule has 0 saturated carbocycles. The van der Waals surface area contributed by atoms with Crippen molar-refractivity contribution < 1.29 is 9.31 Å². The molecule has 1 heterocycles. The molecule has 4 heteroatoms.